The lowest BCUT2D eigenvalue weighted by molar-refractivity contribution is -0.149. The number of carbonyl (C=O) groups excluding carboxylic acids is 1. The van der Waals surface area contributed by atoms with Crippen LogP contribution >= 0.6 is 0 Å². The molecule has 1 aromatic rings. The minimum Gasteiger partial charge on any atom is -0.481 e. The quantitative estimate of drug-likeness (QED) is 0.680. The fourth-order valence-electron chi connectivity index (χ4n) is 1.95. The molecule has 0 radical (unpaired) electrons. The Morgan fingerprint density at radius 1 is 1.15 bits per heavy atom. The molecule has 0 bridgehead atoms. The first-order valence-electron chi connectivity index (χ1n) is 6.83. The molecule has 5 heteroatoms. The van der Waals surface area contributed by atoms with Crippen molar-refractivity contribution in [1.82, 2.24) is 5.32 Å². The van der Waals surface area contributed by atoms with Gasteiger partial charge in [-0.05, 0) is 25.0 Å². The van der Waals surface area contributed by atoms with Crippen LogP contribution in [0, 0.1) is 5.41 Å². The van der Waals surface area contributed by atoms with Crippen molar-refractivity contribution in [3.63, 3.8) is 0 Å². The molecule has 0 saturated carbocycles. The summed E-state index contributed by atoms with van der Waals surface area (Å²) in [5, 5.41) is 15.0. The summed E-state index contributed by atoms with van der Waals surface area (Å²) in [4.78, 5) is 23.1. The standard InChI is InChI=1S/C15H22N2O3/c1-3-15(4-2,14(19)20)11-17-13(18)10-16-12-8-6-5-7-9-12/h5-9,16H,3-4,10-11H2,1-2H3,(H,17,18)(H,19,20). The molecule has 0 saturated heterocycles. The number of nitrogens with one attached hydrogen (secondary N) is 2. The first-order valence-corrected chi connectivity index (χ1v) is 6.83. The van der Waals surface area contributed by atoms with Gasteiger partial charge in [-0.15, -0.1) is 0 Å². The molecule has 0 unspecified atom stereocenters. The molecule has 0 heterocycles. The van der Waals surface area contributed by atoms with Crippen LogP contribution in [0.5, 0.6) is 0 Å². The number of hydrogen-bond donors (Lipinski definition) is 3. The van der Waals surface area contributed by atoms with Crippen molar-refractivity contribution in [2.45, 2.75) is 26.7 Å². The van der Waals surface area contributed by atoms with Crippen molar-refractivity contribution >= 4 is 17.6 Å². The van der Waals surface area contributed by atoms with Crippen molar-refractivity contribution in [1.29, 1.82) is 0 Å². The fraction of sp³-hybridized carbons (Fsp3) is 0.467. The number of hydrogen-bond acceptors (Lipinski definition) is 3. The topological polar surface area (TPSA) is 78.4 Å². The molecule has 0 aliphatic carbocycles. The number of para-hydroxylation sites is 1. The highest BCUT2D eigenvalue weighted by atomic mass is 16.4. The second-order valence-corrected chi connectivity index (χ2v) is 4.79. The number of carboxylic acids is 1. The van der Waals surface area contributed by atoms with Crippen LogP contribution < -0.4 is 10.6 Å². The number of amides is 1. The van der Waals surface area contributed by atoms with E-state index in [1.165, 1.54) is 0 Å². The Morgan fingerprint density at radius 2 is 1.75 bits per heavy atom. The van der Waals surface area contributed by atoms with Crippen LogP contribution in [-0.2, 0) is 9.59 Å². The summed E-state index contributed by atoms with van der Waals surface area (Å²) in [5.74, 6) is -1.07. The van der Waals surface area contributed by atoms with Gasteiger partial charge in [-0.3, -0.25) is 9.59 Å². The molecule has 0 spiro atoms. The average Bonchev–Trinajstić information content (AvgIpc) is 2.47. The second kappa shape index (κ2) is 7.53. The van der Waals surface area contributed by atoms with E-state index in [0.717, 1.165) is 5.69 Å². The van der Waals surface area contributed by atoms with E-state index in [-0.39, 0.29) is 19.0 Å². The summed E-state index contributed by atoms with van der Waals surface area (Å²) in [6.45, 7) is 3.94. The molecule has 110 valence electrons. The monoisotopic (exact) mass is 278 g/mol. The molecule has 0 aromatic heterocycles. The lowest BCUT2D eigenvalue weighted by Gasteiger charge is -2.26. The van der Waals surface area contributed by atoms with Crippen LogP contribution in [0.2, 0.25) is 0 Å². The summed E-state index contributed by atoms with van der Waals surface area (Å²) in [6.07, 6.45) is 0.983. The Bertz CT molecular complexity index is 442. The number of anilines is 1. The van der Waals surface area contributed by atoms with Crippen LogP contribution in [-0.4, -0.2) is 30.1 Å². The van der Waals surface area contributed by atoms with Gasteiger partial charge in [0, 0.05) is 12.2 Å². The van der Waals surface area contributed by atoms with Gasteiger partial charge in [0.1, 0.15) is 0 Å². The first kappa shape index (κ1) is 16.0. The zero-order valence-corrected chi connectivity index (χ0v) is 12.0. The van der Waals surface area contributed by atoms with Crippen LogP contribution in [0.25, 0.3) is 0 Å². The maximum absolute atomic E-state index is 11.8. The van der Waals surface area contributed by atoms with E-state index in [0.29, 0.717) is 12.8 Å². The first-order chi connectivity index (χ1) is 9.54. The number of aliphatic carboxylic acids is 1. The number of carboxylic acid groups (broad SMARTS) is 1. The molecule has 1 aromatic carbocycles. The summed E-state index contributed by atoms with van der Waals surface area (Å²) in [5.41, 5.74) is -0.0132. The maximum atomic E-state index is 11.8. The van der Waals surface area contributed by atoms with Crippen LogP contribution in [0.3, 0.4) is 0 Å². The van der Waals surface area contributed by atoms with Crippen molar-refractivity contribution < 1.29 is 14.7 Å². The third kappa shape index (κ3) is 4.26. The Kier molecular flexibility index (Phi) is 6.03. The molecule has 1 rings (SSSR count). The van der Waals surface area contributed by atoms with Crippen molar-refractivity contribution in [2.24, 2.45) is 5.41 Å². The highest BCUT2D eigenvalue weighted by molar-refractivity contribution is 5.82. The molecule has 0 fully saturated rings. The Hall–Kier alpha value is -2.04. The van der Waals surface area contributed by atoms with Gasteiger partial charge in [0.05, 0.1) is 12.0 Å². The third-order valence-corrected chi connectivity index (χ3v) is 3.66. The van der Waals surface area contributed by atoms with Gasteiger partial charge in [0.15, 0.2) is 0 Å². The molecule has 20 heavy (non-hydrogen) atoms. The number of carbonyl (C=O) groups is 2. The minimum absolute atomic E-state index is 0.132. The Morgan fingerprint density at radius 3 is 2.25 bits per heavy atom. The lowest BCUT2D eigenvalue weighted by atomic mass is 9.82. The highest BCUT2D eigenvalue weighted by Gasteiger charge is 2.34. The predicted molar refractivity (Wildman–Crippen MR) is 78.6 cm³/mol. The van der Waals surface area contributed by atoms with E-state index in [1.54, 1.807) is 0 Å². The largest absolute Gasteiger partial charge is 0.481 e. The smallest absolute Gasteiger partial charge is 0.311 e. The van der Waals surface area contributed by atoms with E-state index in [9.17, 15) is 14.7 Å². The normalized spacial score (nSPS) is 10.9. The van der Waals surface area contributed by atoms with Crippen molar-refractivity contribution in [3.05, 3.63) is 30.3 Å². The molecule has 5 nitrogen and oxygen atoms in total. The van der Waals surface area contributed by atoms with Gasteiger partial charge < -0.3 is 15.7 Å². The number of rotatable bonds is 8. The molecule has 0 atom stereocenters. The minimum atomic E-state index is -0.873. The van der Waals surface area contributed by atoms with Gasteiger partial charge in [-0.2, -0.15) is 0 Å². The molecular weight excluding hydrogens is 256 g/mol. The third-order valence-electron chi connectivity index (χ3n) is 3.66. The van der Waals surface area contributed by atoms with Crippen LogP contribution in [0.1, 0.15) is 26.7 Å². The fourth-order valence-corrected chi connectivity index (χ4v) is 1.95. The second-order valence-electron chi connectivity index (χ2n) is 4.79. The van der Waals surface area contributed by atoms with E-state index >= 15 is 0 Å². The van der Waals surface area contributed by atoms with E-state index in [2.05, 4.69) is 10.6 Å². The molecule has 3 N–H and O–H groups in total. The summed E-state index contributed by atoms with van der Waals surface area (Å²) in [6, 6.07) is 9.39. The SMILES string of the molecule is CCC(CC)(CNC(=O)CNc1ccccc1)C(=O)O. The zero-order valence-electron chi connectivity index (χ0n) is 12.0. The van der Waals surface area contributed by atoms with E-state index in [4.69, 9.17) is 0 Å². The van der Waals surface area contributed by atoms with Crippen molar-refractivity contribution in [3.8, 4) is 0 Å². The highest BCUT2D eigenvalue weighted by Crippen LogP contribution is 2.25. The van der Waals surface area contributed by atoms with Gasteiger partial charge in [0.25, 0.3) is 0 Å². The summed E-state index contributed by atoms with van der Waals surface area (Å²) in [7, 11) is 0. The predicted octanol–water partition coefficient (Wildman–Crippen LogP) is 2.11. The Balaban J connectivity index is 2.44. The zero-order chi connectivity index (χ0) is 15.0. The molecular formula is C15H22N2O3. The van der Waals surface area contributed by atoms with Gasteiger partial charge in [-0.1, -0.05) is 32.0 Å². The summed E-state index contributed by atoms with van der Waals surface area (Å²) < 4.78 is 0. The average molecular weight is 278 g/mol. The summed E-state index contributed by atoms with van der Waals surface area (Å²) >= 11 is 0. The molecule has 0 aliphatic heterocycles. The van der Waals surface area contributed by atoms with Gasteiger partial charge >= 0.3 is 5.97 Å². The van der Waals surface area contributed by atoms with Gasteiger partial charge in [0.2, 0.25) is 5.91 Å². The lowest BCUT2D eigenvalue weighted by Crippen LogP contribution is -2.43. The number of benzene rings is 1. The van der Waals surface area contributed by atoms with E-state index < -0.39 is 11.4 Å². The molecule has 0 aliphatic rings. The van der Waals surface area contributed by atoms with E-state index in [1.807, 2.05) is 44.2 Å². The Labute approximate surface area is 119 Å². The molecule has 1 amide bonds. The maximum Gasteiger partial charge on any atom is 0.311 e. The van der Waals surface area contributed by atoms with Crippen LogP contribution in [0.15, 0.2) is 30.3 Å². The van der Waals surface area contributed by atoms with Gasteiger partial charge in [-0.25, -0.2) is 0 Å². The van der Waals surface area contributed by atoms with Crippen LogP contribution in [0.4, 0.5) is 5.69 Å². The van der Waals surface area contributed by atoms with Crippen molar-refractivity contribution in [2.75, 3.05) is 18.4 Å².